The highest BCUT2D eigenvalue weighted by molar-refractivity contribution is 5.93. The Morgan fingerprint density at radius 1 is 0.474 bits per heavy atom. The molecule has 0 aromatic carbocycles. The Labute approximate surface area is 451 Å². The monoisotopic (exact) mass is 1070 g/mol. The minimum atomic E-state index is -0.611. The number of nitrogens with one attached hydrogen (secondary N) is 1. The molecule has 0 aliphatic carbocycles. The van der Waals surface area contributed by atoms with E-state index in [1.165, 1.54) is 6.08 Å². The van der Waals surface area contributed by atoms with E-state index in [2.05, 4.69) is 38.2 Å². The molecular formula is C56H89N5O15. The van der Waals surface area contributed by atoms with Gasteiger partial charge in [0.25, 0.3) is 23.6 Å². The maximum Gasteiger partial charge on any atom is 0.338 e. The molecule has 1 N–H and O–H groups in total. The molecule has 0 atom stereocenters. The quantitative estimate of drug-likeness (QED) is 0.169. The maximum absolute atomic E-state index is 11.7. The van der Waals surface area contributed by atoms with Gasteiger partial charge in [-0.1, -0.05) is 103 Å². The van der Waals surface area contributed by atoms with Crippen molar-refractivity contribution >= 4 is 65.0 Å². The SMILES string of the molecule is C.C=C1CCC(=O)N1OC(=O)C(C)(C)C.C=C1CCC(=O)N1OC(=O)CC(C)(C)C.C=C1CCC(=O)N1OC(=O)CCC(=O)NC(C)(C)C.C=C1CCC(=O)N1OC(=O)CCCC(=O)C(C)(C)C.C=CC(=O)C(C)(C)C. The third-order valence-corrected chi connectivity index (χ3v) is 10.2. The highest BCUT2D eigenvalue weighted by atomic mass is 16.7. The Bertz CT molecular complexity index is 2140. The van der Waals surface area contributed by atoms with Crippen molar-refractivity contribution < 1.29 is 72.1 Å². The highest BCUT2D eigenvalue weighted by Crippen LogP contribution is 2.27. The van der Waals surface area contributed by atoms with Crippen molar-refractivity contribution in [2.24, 2.45) is 21.7 Å². The van der Waals surface area contributed by atoms with Crippen LogP contribution in [0, 0.1) is 21.7 Å². The molecule has 5 amide bonds. The lowest BCUT2D eigenvalue weighted by atomic mass is 9.88. The molecular weight excluding hydrogens is 983 g/mol. The van der Waals surface area contributed by atoms with E-state index in [1.54, 1.807) is 20.8 Å². The summed E-state index contributed by atoms with van der Waals surface area (Å²) < 4.78 is 0. The van der Waals surface area contributed by atoms with Gasteiger partial charge in [0.1, 0.15) is 5.78 Å². The minimum Gasteiger partial charge on any atom is -0.351 e. The summed E-state index contributed by atoms with van der Waals surface area (Å²) in [7, 11) is 0. The zero-order chi connectivity index (χ0) is 58.6. The Balaban J connectivity index is 0. The Morgan fingerprint density at radius 3 is 1.08 bits per heavy atom. The molecule has 4 aliphatic heterocycles. The van der Waals surface area contributed by atoms with Crippen molar-refractivity contribution in [2.75, 3.05) is 0 Å². The molecule has 4 fully saturated rings. The van der Waals surface area contributed by atoms with Crippen LogP contribution in [0.2, 0.25) is 0 Å². The number of nitrogens with zero attached hydrogens (tertiary/aromatic N) is 4. The predicted octanol–water partition coefficient (Wildman–Crippen LogP) is 9.71. The average molecular weight is 1070 g/mol. The molecule has 0 radical (unpaired) electrons. The van der Waals surface area contributed by atoms with Crippen molar-refractivity contribution in [1.82, 2.24) is 25.6 Å². The summed E-state index contributed by atoms with van der Waals surface area (Å²) in [4.78, 5) is 145. The van der Waals surface area contributed by atoms with E-state index in [0.717, 1.165) is 20.3 Å². The van der Waals surface area contributed by atoms with Crippen molar-refractivity contribution in [2.45, 2.75) is 207 Å². The summed E-state index contributed by atoms with van der Waals surface area (Å²) in [5.41, 5.74) is 0.367. The Morgan fingerprint density at radius 2 is 0.816 bits per heavy atom. The number of ketones is 2. The van der Waals surface area contributed by atoms with Gasteiger partial charge in [-0.05, 0) is 85.1 Å². The van der Waals surface area contributed by atoms with Crippen LogP contribution in [0.3, 0.4) is 0 Å². The third kappa shape index (κ3) is 28.2. The van der Waals surface area contributed by atoms with Gasteiger partial charge in [0.15, 0.2) is 5.78 Å². The molecule has 428 valence electrons. The van der Waals surface area contributed by atoms with Crippen LogP contribution in [0.15, 0.2) is 61.8 Å². The smallest absolute Gasteiger partial charge is 0.338 e. The van der Waals surface area contributed by atoms with Crippen molar-refractivity contribution in [3.8, 4) is 0 Å². The molecule has 0 bridgehead atoms. The van der Waals surface area contributed by atoms with Gasteiger partial charge in [-0.25, -0.2) is 19.2 Å². The molecule has 4 aliphatic rings. The molecule has 0 aromatic rings. The number of amides is 5. The number of hydrogen-bond donors (Lipinski definition) is 1. The first-order valence-electron chi connectivity index (χ1n) is 24.9. The molecule has 0 saturated carbocycles. The van der Waals surface area contributed by atoms with Crippen LogP contribution in [0.5, 0.6) is 0 Å². The second kappa shape index (κ2) is 30.7. The van der Waals surface area contributed by atoms with E-state index >= 15 is 0 Å². The first kappa shape index (κ1) is 71.3. The van der Waals surface area contributed by atoms with Crippen molar-refractivity contribution in [1.29, 1.82) is 0 Å². The zero-order valence-electron chi connectivity index (χ0n) is 47.4. The molecule has 76 heavy (non-hydrogen) atoms. The summed E-state index contributed by atoms with van der Waals surface area (Å²) in [6, 6.07) is 0. The first-order valence-corrected chi connectivity index (χ1v) is 24.9. The summed E-state index contributed by atoms with van der Waals surface area (Å²) in [5.74, 6) is -2.86. The average Bonchev–Trinajstić information content (AvgIpc) is 3.97. The largest absolute Gasteiger partial charge is 0.351 e. The molecule has 4 heterocycles. The number of carbonyl (C=O) groups excluding carboxylic acids is 11. The van der Waals surface area contributed by atoms with Crippen LogP contribution in [0.1, 0.15) is 201 Å². The van der Waals surface area contributed by atoms with E-state index in [9.17, 15) is 52.7 Å². The van der Waals surface area contributed by atoms with Gasteiger partial charge < -0.3 is 24.7 Å². The lowest BCUT2D eigenvalue weighted by Gasteiger charge is -2.21. The molecule has 20 nitrogen and oxygen atoms in total. The van der Waals surface area contributed by atoms with E-state index < -0.39 is 23.3 Å². The number of hydroxylamine groups is 8. The highest BCUT2D eigenvalue weighted by Gasteiger charge is 2.34. The fourth-order valence-corrected chi connectivity index (χ4v) is 5.84. The van der Waals surface area contributed by atoms with Gasteiger partial charge in [-0.15, -0.1) is 20.3 Å². The standard InChI is InChI=1S/C14H21NO4.C13H20N2O4.C11H17NO3.C10H15NO3.C7H12O.CH4/c1-10-8-9-12(17)15(10)19-13(18)7-5-6-11(16)14(2,3)4;1-9-5-7-11(17)15(9)19-12(18)8-6-10(16)14-13(2,3)4;1-8-5-6-9(13)12(8)15-10(14)7-11(2,3)4;1-7-5-6-8(12)11(7)14-9(13)10(2,3)4;1-5-6(8)7(2,3)4;/h1,5-9H2,2-4H3;1,5-8H2,2-4H3,(H,14,16);1,5-7H2,2-4H3;1,5-6H2,2-4H3;5H,1H2,2-4H3;1H4. The van der Waals surface area contributed by atoms with Crippen LogP contribution < -0.4 is 5.32 Å². The predicted molar refractivity (Wildman–Crippen MR) is 286 cm³/mol. The van der Waals surface area contributed by atoms with E-state index in [0.29, 0.717) is 87.0 Å². The summed E-state index contributed by atoms with van der Waals surface area (Å²) in [6.07, 6.45) is 6.04. The topological polar surface area (TPSA) is 250 Å². The number of Topliss-reactive ketones (excluding diaryl/α,β-unsaturated/α-hetero) is 1. The minimum absolute atomic E-state index is 0. The summed E-state index contributed by atoms with van der Waals surface area (Å²) in [5, 5.41) is 6.66. The molecule has 0 spiro atoms. The second-order valence-electron chi connectivity index (χ2n) is 23.4. The summed E-state index contributed by atoms with van der Waals surface area (Å²) in [6.45, 7) is 45.7. The van der Waals surface area contributed by atoms with Gasteiger partial charge in [0, 0.05) is 61.3 Å². The number of allylic oxidation sites excluding steroid dienone is 5. The van der Waals surface area contributed by atoms with Crippen LogP contribution in [0.25, 0.3) is 0 Å². The third-order valence-electron chi connectivity index (χ3n) is 10.2. The molecule has 0 unspecified atom stereocenters. The second-order valence-corrected chi connectivity index (χ2v) is 23.4. The van der Waals surface area contributed by atoms with E-state index in [4.69, 9.17) is 19.4 Å². The Kier molecular flexibility index (Phi) is 28.8. The van der Waals surface area contributed by atoms with Crippen LogP contribution in [-0.2, 0) is 72.1 Å². The van der Waals surface area contributed by atoms with Crippen LogP contribution in [-0.4, -0.2) is 90.8 Å². The van der Waals surface area contributed by atoms with Gasteiger partial charge in [-0.2, -0.15) is 0 Å². The molecule has 0 aromatic heterocycles. The van der Waals surface area contributed by atoms with Gasteiger partial charge >= 0.3 is 23.9 Å². The van der Waals surface area contributed by atoms with Crippen molar-refractivity contribution in [3.63, 3.8) is 0 Å². The van der Waals surface area contributed by atoms with Gasteiger partial charge in [0.05, 0.1) is 41.0 Å². The lowest BCUT2D eigenvalue weighted by Crippen LogP contribution is -2.40. The lowest BCUT2D eigenvalue weighted by molar-refractivity contribution is -0.194. The van der Waals surface area contributed by atoms with Crippen LogP contribution in [0.4, 0.5) is 0 Å². The van der Waals surface area contributed by atoms with Gasteiger partial charge in [0.2, 0.25) is 5.91 Å². The maximum atomic E-state index is 11.7. The summed E-state index contributed by atoms with van der Waals surface area (Å²) >= 11 is 0. The Hall–Kier alpha value is -6.73. The number of carbonyl (C=O) groups is 11. The molecule has 20 heteroatoms. The molecule has 4 rings (SSSR count). The van der Waals surface area contributed by atoms with Crippen LogP contribution >= 0.6 is 0 Å². The first-order chi connectivity index (χ1) is 34.0. The fourth-order valence-electron chi connectivity index (χ4n) is 5.84. The zero-order valence-corrected chi connectivity index (χ0v) is 47.4. The van der Waals surface area contributed by atoms with E-state index in [-0.39, 0.29) is 102 Å². The number of rotatable bonds is 13. The molecule has 4 saturated heterocycles. The van der Waals surface area contributed by atoms with Crippen molar-refractivity contribution in [3.05, 3.63) is 61.8 Å². The fraction of sp³-hybridized carbons (Fsp3) is 0.625. The van der Waals surface area contributed by atoms with Gasteiger partial charge in [-0.3, -0.25) is 33.6 Å². The number of hydrogen-bond acceptors (Lipinski definition) is 15. The normalized spacial score (nSPS) is 15.6. The van der Waals surface area contributed by atoms with E-state index in [1.807, 2.05) is 83.1 Å².